The van der Waals surface area contributed by atoms with Crippen molar-refractivity contribution < 1.29 is 9.53 Å². The number of carbonyl (C=O) groups excluding carboxylic acids is 1. The molecule has 0 aliphatic rings. The molecule has 0 bridgehead atoms. The zero-order valence-corrected chi connectivity index (χ0v) is 10.9. The van der Waals surface area contributed by atoms with Crippen LogP contribution < -0.4 is 5.56 Å². The molecule has 0 saturated heterocycles. The summed E-state index contributed by atoms with van der Waals surface area (Å²) in [5.41, 5.74) is -0.902. The van der Waals surface area contributed by atoms with E-state index in [0.29, 0.717) is 4.60 Å². The lowest BCUT2D eigenvalue weighted by Crippen LogP contribution is -2.31. The van der Waals surface area contributed by atoms with Crippen LogP contribution in [0.1, 0.15) is 20.8 Å². The number of aromatic nitrogens is 2. The van der Waals surface area contributed by atoms with E-state index in [1.807, 2.05) is 0 Å². The monoisotopic (exact) mass is 288 g/mol. The molecule has 0 aliphatic heterocycles. The molecule has 0 radical (unpaired) electrons. The first-order valence-electron chi connectivity index (χ1n) is 4.73. The van der Waals surface area contributed by atoms with Crippen molar-refractivity contribution in [2.75, 3.05) is 0 Å². The molecule has 1 aromatic rings. The van der Waals surface area contributed by atoms with E-state index in [1.54, 1.807) is 20.8 Å². The topological polar surface area (TPSA) is 61.2 Å². The van der Waals surface area contributed by atoms with Crippen LogP contribution in [0.2, 0.25) is 0 Å². The SMILES string of the molecule is CC(C)(C)OC(=O)Cn1nc(Br)ccc1=O. The summed E-state index contributed by atoms with van der Waals surface area (Å²) in [6.45, 7) is 5.11. The van der Waals surface area contributed by atoms with Crippen molar-refractivity contribution in [3.63, 3.8) is 0 Å². The van der Waals surface area contributed by atoms with E-state index in [0.717, 1.165) is 4.68 Å². The van der Waals surface area contributed by atoms with Crippen molar-refractivity contribution in [3.05, 3.63) is 27.1 Å². The van der Waals surface area contributed by atoms with Crippen molar-refractivity contribution in [2.45, 2.75) is 32.9 Å². The van der Waals surface area contributed by atoms with E-state index < -0.39 is 11.6 Å². The van der Waals surface area contributed by atoms with Gasteiger partial charge in [-0.1, -0.05) is 0 Å². The quantitative estimate of drug-likeness (QED) is 0.771. The normalized spacial score (nSPS) is 11.2. The third-order valence-corrected chi connectivity index (χ3v) is 1.96. The Labute approximate surface area is 102 Å². The second-order valence-corrected chi connectivity index (χ2v) is 5.05. The summed E-state index contributed by atoms with van der Waals surface area (Å²) in [6, 6.07) is 2.86. The van der Waals surface area contributed by atoms with Gasteiger partial charge in [-0.25, -0.2) is 4.68 Å². The first-order chi connectivity index (χ1) is 7.28. The van der Waals surface area contributed by atoms with Crippen LogP contribution in [0.3, 0.4) is 0 Å². The molecule has 0 spiro atoms. The standard InChI is InChI=1S/C10H13BrN2O3/c1-10(2,3)16-9(15)6-13-8(14)5-4-7(11)12-13/h4-5H,6H2,1-3H3. The predicted octanol–water partition coefficient (Wildman–Crippen LogP) is 1.35. The Kier molecular flexibility index (Phi) is 3.85. The molecule has 1 heterocycles. The Hall–Kier alpha value is -1.17. The summed E-state index contributed by atoms with van der Waals surface area (Å²) in [4.78, 5) is 22.8. The smallest absolute Gasteiger partial charge is 0.328 e. The van der Waals surface area contributed by atoms with E-state index in [-0.39, 0.29) is 12.1 Å². The molecule has 0 aliphatic carbocycles. The first kappa shape index (κ1) is 12.9. The van der Waals surface area contributed by atoms with Crippen molar-refractivity contribution in [1.82, 2.24) is 9.78 Å². The van der Waals surface area contributed by atoms with Crippen molar-refractivity contribution >= 4 is 21.9 Å². The Morgan fingerprint density at radius 1 is 1.50 bits per heavy atom. The number of esters is 1. The fourth-order valence-corrected chi connectivity index (χ4v) is 1.36. The molecule has 0 fully saturated rings. The molecule has 0 saturated carbocycles. The highest BCUT2D eigenvalue weighted by Crippen LogP contribution is 2.07. The van der Waals surface area contributed by atoms with Crippen LogP contribution in [-0.2, 0) is 16.1 Å². The number of hydrogen-bond acceptors (Lipinski definition) is 4. The van der Waals surface area contributed by atoms with E-state index in [1.165, 1.54) is 12.1 Å². The fraction of sp³-hybridized carbons (Fsp3) is 0.500. The molecule has 0 unspecified atom stereocenters. The molecule has 0 atom stereocenters. The number of rotatable bonds is 2. The van der Waals surface area contributed by atoms with Gasteiger partial charge in [0, 0.05) is 6.07 Å². The molecule has 0 aromatic carbocycles. The Balaban J connectivity index is 2.77. The van der Waals surface area contributed by atoms with Crippen LogP contribution in [-0.4, -0.2) is 21.4 Å². The highest BCUT2D eigenvalue weighted by molar-refractivity contribution is 9.10. The molecule has 1 aromatic heterocycles. The van der Waals surface area contributed by atoms with E-state index in [4.69, 9.17) is 4.74 Å². The number of nitrogens with zero attached hydrogens (tertiary/aromatic N) is 2. The molecular weight excluding hydrogens is 276 g/mol. The summed E-state index contributed by atoms with van der Waals surface area (Å²) in [6.07, 6.45) is 0. The number of halogens is 1. The van der Waals surface area contributed by atoms with Gasteiger partial charge in [-0.15, -0.1) is 0 Å². The molecule has 1 rings (SSSR count). The van der Waals surface area contributed by atoms with Gasteiger partial charge in [-0.3, -0.25) is 9.59 Å². The Morgan fingerprint density at radius 2 is 2.12 bits per heavy atom. The summed E-state index contributed by atoms with van der Waals surface area (Å²) >= 11 is 3.12. The van der Waals surface area contributed by atoms with Crippen LogP contribution in [0.25, 0.3) is 0 Å². The Morgan fingerprint density at radius 3 is 2.69 bits per heavy atom. The second-order valence-electron chi connectivity index (χ2n) is 4.24. The molecule has 6 heteroatoms. The highest BCUT2D eigenvalue weighted by Gasteiger charge is 2.17. The number of carbonyl (C=O) groups is 1. The van der Waals surface area contributed by atoms with Crippen LogP contribution in [0.15, 0.2) is 21.5 Å². The Bertz CT molecular complexity index is 448. The number of hydrogen-bond donors (Lipinski definition) is 0. The summed E-state index contributed by atoms with van der Waals surface area (Å²) in [5, 5.41) is 3.86. The van der Waals surface area contributed by atoms with Gasteiger partial charge in [0.15, 0.2) is 0 Å². The lowest BCUT2D eigenvalue weighted by molar-refractivity contribution is -0.155. The zero-order valence-electron chi connectivity index (χ0n) is 9.36. The summed E-state index contributed by atoms with van der Waals surface area (Å²) in [5.74, 6) is -0.486. The molecule has 0 N–H and O–H groups in total. The zero-order chi connectivity index (χ0) is 12.3. The molecule has 5 nitrogen and oxygen atoms in total. The van der Waals surface area contributed by atoms with E-state index in [2.05, 4.69) is 21.0 Å². The van der Waals surface area contributed by atoms with E-state index in [9.17, 15) is 9.59 Å². The van der Waals surface area contributed by atoms with Gasteiger partial charge in [0.05, 0.1) is 0 Å². The van der Waals surface area contributed by atoms with Gasteiger partial charge < -0.3 is 4.74 Å². The van der Waals surface area contributed by atoms with Gasteiger partial charge in [0.1, 0.15) is 16.7 Å². The second kappa shape index (κ2) is 4.78. The predicted molar refractivity (Wildman–Crippen MR) is 62.0 cm³/mol. The third kappa shape index (κ3) is 4.14. The maximum atomic E-state index is 11.5. The minimum atomic E-state index is -0.563. The van der Waals surface area contributed by atoms with Crippen LogP contribution >= 0.6 is 15.9 Å². The summed E-state index contributed by atoms with van der Waals surface area (Å²) in [7, 11) is 0. The minimum absolute atomic E-state index is 0.185. The van der Waals surface area contributed by atoms with Crippen LogP contribution in [0.4, 0.5) is 0 Å². The van der Waals surface area contributed by atoms with Gasteiger partial charge in [0.2, 0.25) is 0 Å². The largest absolute Gasteiger partial charge is 0.459 e. The maximum absolute atomic E-state index is 11.5. The average Bonchev–Trinajstić information content (AvgIpc) is 2.08. The van der Waals surface area contributed by atoms with Gasteiger partial charge in [-0.05, 0) is 42.8 Å². The van der Waals surface area contributed by atoms with Gasteiger partial charge in [0.25, 0.3) is 5.56 Å². The number of ether oxygens (including phenoxy) is 1. The lowest BCUT2D eigenvalue weighted by Gasteiger charge is -2.19. The minimum Gasteiger partial charge on any atom is -0.459 e. The van der Waals surface area contributed by atoms with Crippen molar-refractivity contribution in [1.29, 1.82) is 0 Å². The molecule has 0 amide bonds. The maximum Gasteiger partial charge on any atom is 0.328 e. The van der Waals surface area contributed by atoms with Crippen molar-refractivity contribution in [3.8, 4) is 0 Å². The highest BCUT2D eigenvalue weighted by atomic mass is 79.9. The molecular formula is C10H13BrN2O3. The first-order valence-corrected chi connectivity index (χ1v) is 5.53. The summed E-state index contributed by atoms with van der Waals surface area (Å²) < 4.78 is 6.63. The fourth-order valence-electron chi connectivity index (χ4n) is 1.03. The van der Waals surface area contributed by atoms with Gasteiger partial charge >= 0.3 is 5.97 Å². The average molecular weight is 289 g/mol. The van der Waals surface area contributed by atoms with Crippen LogP contribution in [0, 0.1) is 0 Å². The lowest BCUT2D eigenvalue weighted by atomic mass is 10.2. The van der Waals surface area contributed by atoms with Gasteiger partial charge in [-0.2, -0.15) is 5.10 Å². The van der Waals surface area contributed by atoms with Crippen molar-refractivity contribution in [2.24, 2.45) is 0 Å². The van der Waals surface area contributed by atoms with Crippen LogP contribution in [0.5, 0.6) is 0 Å². The van der Waals surface area contributed by atoms with E-state index >= 15 is 0 Å². The third-order valence-electron chi connectivity index (χ3n) is 1.53. The molecule has 16 heavy (non-hydrogen) atoms. The molecule has 88 valence electrons.